The number of aryl methyl sites for hydroxylation is 2. The summed E-state index contributed by atoms with van der Waals surface area (Å²) in [5, 5.41) is 2.67. The van der Waals surface area contributed by atoms with Crippen LogP contribution in [0.5, 0.6) is 6.01 Å². The van der Waals surface area contributed by atoms with Crippen LogP contribution in [0.15, 0.2) is 30.3 Å². The molecule has 0 bridgehead atoms. The fraction of sp³-hybridized carbons (Fsp3) is 0.500. The van der Waals surface area contributed by atoms with Crippen LogP contribution in [0.2, 0.25) is 0 Å². The highest BCUT2D eigenvalue weighted by Gasteiger charge is 2.28. The lowest BCUT2D eigenvalue weighted by molar-refractivity contribution is -0.135. The Kier molecular flexibility index (Phi) is 8.49. The molecule has 1 aliphatic rings. The molecule has 0 atom stereocenters. The van der Waals surface area contributed by atoms with Gasteiger partial charge in [-0.25, -0.2) is 4.79 Å². The van der Waals surface area contributed by atoms with E-state index in [1.54, 1.807) is 46.6 Å². The fourth-order valence-corrected chi connectivity index (χ4v) is 3.99. The molecular formula is C26H35N5O5. The number of hydrogen-bond acceptors (Lipinski definition) is 7. The number of anilines is 1. The molecule has 194 valence electrons. The fourth-order valence-electron chi connectivity index (χ4n) is 3.99. The third kappa shape index (κ3) is 7.16. The Hall–Kier alpha value is -3.69. The third-order valence-corrected chi connectivity index (χ3v) is 5.91. The van der Waals surface area contributed by atoms with Crippen molar-refractivity contribution in [2.24, 2.45) is 0 Å². The second-order valence-corrected chi connectivity index (χ2v) is 9.86. The Labute approximate surface area is 212 Å². The van der Waals surface area contributed by atoms with Gasteiger partial charge in [0.15, 0.2) is 6.61 Å². The van der Waals surface area contributed by atoms with Crippen LogP contribution in [0.1, 0.15) is 55.4 Å². The molecule has 2 heterocycles. The van der Waals surface area contributed by atoms with Crippen LogP contribution in [0.3, 0.4) is 0 Å². The largest absolute Gasteiger partial charge is 0.453 e. The molecule has 3 rings (SSSR count). The van der Waals surface area contributed by atoms with Crippen molar-refractivity contribution in [3.05, 3.63) is 47.3 Å². The first-order valence-corrected chi connectivity index (χ1v) is 12.0. The molecule has 1 aromatic heterocycles. The second kappa shape index (κ2) is 11.4. The maximum absolute atomic E-state index is 12.8. The van der Waals surface area contributed by atoms with Crippen LogP contribution in [0, 0.1) is 13.8 Å². The number of aromatic nitrogens is 2. The maximum atomic E-state index is 12.8. The minimum atomic E-state index is -0.629. The number of ether oxygens (including phenoxy) is 2. The van der Waals surface area contributed by atoms with Crippen LogP contribution >= 0.6 is 0 Å². The van der Waals surface area contributed by atoms with E-state index in [9.17, 15) is 14.4 Å². The number of piperidine rings is 1. The number of carbonyl (C=O) groups excluding carboxylic acids is 3. The lowest BCUT2D eigenvalue weighted by Gasteiger charge is -2.36. The number of likely N-dealkylation sites (N-methyl/N-ethyl adjacent to an activating group) is 1. The summed E-state index contributed by atoms with van der Waals surface area (Å²) >= 11 is 0. The van der Waals surface area contributed by atoms with Crippen LogP contribution in [0.4, 0.5) is 10.5 Å². The van der Waals surface area contributed by atoms with Crippen molar-refractivity contribution in [1.29, 1.82) is 0 Å². The zero-order valence-electron chi connectivity index (χ0n) is 21.8. The number of likely N-dealkylation sites (tertiary alicyclic amines) is 1. The molecule has 3 amide bonds. The van der Waals surface area contributed by atoms with Gasteiger partial charge in [0.2, 0.25) is 0 Å². The Morgan fingerprint density at radius 1 is 1.06 bits per heavy atom. The Bertz CT molecular complexity index is 1070. The van der Waals surface area contributed by atoms with E-state index in [2.05, 4.69) is 15.3 Å². The summed E-state index contributed by atoms with van der Waals surface area (Å²) in [6.45, 7) is 9.73. The van der Waals surface area contributed by atoms with E-state index in [0.29, 0.717) is 48.6 Å². The number of nitrogens with one attached hydrogen (secondary N) is 1. The molecule has 1 aromatic carbocycles. The second-order valence-electron chi connectivity index (χ2n) is 9.86. The Morgan fingerprint density at radius 3 is 2.19 bits per heavy atom. The van der Waals surface area contributed by atoms with Crippen molar-refractivity contribution in [1.82, 2.24) is 19.8 Å². The van der Waals surface area contributed by atoms with Gasteiger partial charge in [-0.1, -0.05) is 18.2 Å². The van der Waals surface area contributed by atoms with E-state index in [0.717, 1.165) is 0 Å². The zero-order chi connectivity index (χ0) is 26.5. The molecule has 10 nitrogen and oxygen atoms in total. The molecule has 0 spiro atoms. The molecular weight excluding hydrogens is 462 g/mol. The van der Waals surface area contributed by atoms with Gasteiger partial charge in [0.05, 0.1) is 17.1 Å². The number of nitrogens with zero attached hydrogens (tertiary/aromatic N) is 4. The van der Waals surface area contributed by atoms with Crippen LogP contribution in [0.25, 0.3) is 0 Å². The third-order valence-electron chi connectivity index (χ3n) is 5.91. The van der Waals surface area contributed by atoms with E-state index in [-0.39, 0.29) is 30.5 Å². The normalized spacial score (nSPS) is 14.2. The Balaban J connectivity index is 1.51. The minimum absolute atomic E-state index is 0.0128. The first kappa shape index (κ1) is 26.9. The number of benzene rings is 1. The zero-order valence-corrected chi connectivity index (χ0v) is 21.8. The number of rotatable bonds is 6. The van der Waals surface area contributed by atoms with Gasteiger partial charge in [0.1, 0.15) is 5.60 Å². The first-order valence-electron chi connectivity index (χ1n) is 12.0. The van der Waals surface area contributed by atoms with E-state index in [4.69, 9.17) is 9.47 Å². The summed E-state index contributed by atoms with van der Waals surface area (Å²) in [6.07, 6.45) is 0.792. The average Bonchev–Trinajstić information content (AvgIpc) is 2.83. The predicted octanol–water partition coefficient (Wildman–Crippen LogP) is 3.58. The molecule has 2 aromatic rings. The summed E-state index contributed by atoms with van der Waals surface area (Å²) in [5.74, 6) is -0.184. The van der Waals surface area contributed by atoms with Crippen LogP contribution in [-0.4, -0.2) is 76.1 Å². The van der Waals surface area contributed by atoms with Crippen LogP contribution < -0.4 is 10.1 Å². The minimum Gasteiger partial charge on any atom is -0.453 e. The molecule has 0 unspecified atom stereocenters. The van der Waals surface area contributed by atoms with E-state index >= 15 is 0 Å². The highest BCUT2D eigenvalue weighted by molar-refractivity contribution is 5.94. The average molecular weight is 498 g/mol. The number of hydrogen-bond donors (Lipinski definition) is 1. The Morgan fingerprint density at radius 2 is 1.64 bits per heavy atom. The van der Waals surface area contributed by atoms with Crippen molar-refractivity contribution < 1.29 is 23.9 Å². The molecule has 1 saturated heterocycles. The van der Waals surface area contributed by atoms with E-state index in [1.807, 2.05) is 35.2 Å². The number of carbonyl (C=O) groups is 3. The topological polar surface area (TPSA) is 114 Å². The monoisotopic (exact) mass is 497 g/mol. The summed E-state index contributed by atoms with van der Waals surface area (Å²) < 4.78 is 10.9. The summed E-state index contributed by atoms with van der Waals surface area (Å²) in [7, 11) is 1.75. The highest BCUT2D eigenvalue weighted by Crippen LogP contribution is 2.22. The van der Waals surface area contributed by atoms with Gasteiger partial charge >= 0.3 is 12.1 Å². The quantitative estimate of drug-likeness (QED) is 0.649. The van der Waals surface area contributed by atoms with Crippen molar-refractivity contribution >= 4 is 23.6 Å². The van der Waals surface area contributed by atoms with Gasteiger partial charge in [0.25, 0.3) is 11.8 Å². The van der Waals surface area contributed by atoms with Crippen molar-refractivity contribution in [3.8, 4) is 6.01 Å². The van der Waals surface area contributed by atoms with Gasteiger partial charge in [-0.2, -0.15) is 9.97 Å². The van der Waals surface area contributed by atoms with E-state index in [1.165, 1.54) is 0 Å². The number of amides is 3. The molecule has 0 saturated carbocycles. The molecule has 1 fully saturated rings. The standard InChI is InChI=1S/C26H35N5O5/c1-17-22(29-25(34)36-26(3,4)5)18(2)28-24(27-17)35-16-21(32)30(6)20-12-14-31(15-13-20)23(33)19-10-8-7-9-11-19/h7-11,20H,12-16H2,1-6H3,(H,29,34). The summed E-state index contributed by atoms with van der Waals surface area (Å²) in [4.78, 5) is 49.5. The molecule has 36 heavy (non-hydrogen) atoms. The van der Waals surface area contributed by atoms with Crippen LogP contribution in [-0.2, 0) is 9.53 Å². The van der Waals surface area contributed by atoms with Gasteiger partial charge in [-0.05, 0) is 59.6 Å². The predicted molar refractivity (Wildman–Crippen MR) is 135 cm³/mol. The van der Waals surface area contributed by atoms with Crippen molar-refractivity contribution in [3.63, 3.8) is 0 Å². The smallest absolute Gasteiger partial charge is 0.412 e. The molecule has 10 heteroatoms. The van der Waals surface area contributed by atoms with Crippen molar-refractivity contribution in [2.45, 2.75) is 59.1 Å². The van der Waals surface area contributed by atoms with Gasteiger partial charge in [-0.3, -0.25) is 14.9 Å². The maximum Gasteiger partial charge on any atom is 0.412 e. The molecule has 0 radical (unpaired) electrons. The first-order chi connectivity index (χ1) is 16.9. The molecule has 1 aliphatic heterocycles. The molecule has 0 aliphatic carbocycles. The summed E-state index contributed by atoms with van der Waals surface area (Å²) in [5.41, 5.74) is 1.48. The van der Waals surface area contributed by atoms with Crippen molar-refractivity contribution in [2.75, 3.05) is 32.1 Å². The van der Waals surface area contributed by atoms with Gasteiger partial charge < -0.3 is 19.3 Å². The highest BCUT2D eigenvalue weighted by atomic mass is 16.6. The summed E-state index contributed by atoms with van der Waals surface area (Å²) in [6, 6.07) is 9.29. The van der Waals surface area contributed by atoms with Gasteiger partial charge in [-0.15, -0.1) is 0 Å². The van der Waals surface area contributed by atoms with E-state index < -0.39 is 11.7 Å². The lowest BCUT2D eigenvalue weighted by Crippen LogP contribution is -2.48. The van der Waals surface area contributed by atoms with Gasteiger partial charge in [0, 0.05) is 31.7 Å². The molecule has 1 N–H and O–H groups in total. The lowest BCUT2D eigenvalue weighted by atomic mass is 10.0. The SMILES string of the molecule is Cc1nc(OCC(=O)N(C)C2CCN(C(=O)c3ccccc3)CC2)nc(C)c1NC(=O)OC(C)(C)C.